The predicted molar refractivity (Wildman–Crippen MR) is 134 cm³/mol. The van der Waals surface area contributed by atoms with Crippen LogP contribution in [0.5, 0.6) is 11.5 Å². The maximum atomic E-state index is 12.8. The second kappa shape index (κ2) is 10.7. The average molecular weight is 456 g/mol. The van der Waals surface area contributed by atoms with Crippen molar-refractivity contribution in [1.29, 1.82) is 0 Å². The van der Waals surface area contributed by atoms with E-state index in [0.717, 1.165) is 51.7 Å². The highest BCUT2D eigenvalue weighted by Crippen LogP contribution is 2.33. The van der Waals surface area contributed by atoms with E-state index in [4.69, 9.17) is 9.47 Å². The zero-order valence-electron chi connectivity index (χ0n) is 19.7. The Bertz CT molecular complexity index is 1250. The highest BCUT2D eigenvalue weighted by Gasteiger charge is 2.18. The van der Waals surface area contributed by atoms with Gasteiger partial charge in [0.15, 0.2) is 0 Å². The molecule has 0 saturated heterocycles. The predicted octanol–water partition coefficient (Wildman–Crippen LogP) is 5.57. The number of methoxy groups -OCH3 is 2. The molecule has 6 nitrogen and oxygen atoms in total. The largest absolute Gasteiger partial charge is 0.497 e. The molecule has 0 spiro atoms. The van der Waals surface area contributed by atoms with Crippen molar-refractivity contribution in [2.75, 3.05) is 14.2 Å². The van der Waals surface area contributed by atoms with Crippen molar-refractivity contribution in [3.05, 3.63) is 90.1 Å². The number of imidazole rings is 1. The maximum absolute atomic E-state index is 12.8. The molecule has 0 bridgehead atoms. The molecule has 1 atom stereocenters. The quantitative estimate of drug-likeness (QED) is 0.346. The minimum absolute atomic E-state index is 0.0320. The Balaban J connectivity index is 1.50. The van der Waals surface area contributed by atoms with E-state index in [2.05, 4.69) is 15.3 Å². The zero-order chi connectivity index (χ0) is 23.9. The van der Waals surface area contributed by atoms with Gasteiger partial charge in [-0.15, -0.1) is 0 Å². The number of ether oxygens (including phenoxy) is 2. The number of nitrogens with zero attached hydrogens (tertiary/aromatic N) is 1. The number of hydrogen-bond acceptors (Lipinski definition) is 4. The van der Waals surface area contributed by atoms with E-state index >= 15 is 0 Å². The first-order valence-electron chi connectivity index (χ1n) is 11.3. The summed E-state index contributed by atoms with van der Waals surface area (Å²) in [6, 6.07) is 23.5. The molecule has 0 aliphatic heterocycles. The van der Waals surface area contributed by atoms with Crippen molar-refractivity contribution >= 4 is 5.91 Å². The van der Waals surface area contributed by atoms with Crippen LogP contribution in [0.3, 0.4) is 0 Å². The normalized spacial score (nSPS) is 11.6. The second-order valence-corrected chi connectivity index (χ2v) is 8.00. The van der Waals surface area contributed by atoms with Gasteiger partial charge in [-0.25, -0.2) is 4.98 Å². The fourth-order valence-electron chi connectivity index (χ4n) is 4.03. The van der Waals surface area contributed by atoms with Crippen LogP contribution in [-0.4, -0.2) is 30.1 Å². The molecular weight excluding hydrogens is 426 g/mol. The molecule has 1 amide bonds. The first-order chi connectivity index (χ1) is 16.6. The third kappa shape index (κ3) is 5.12. The Morgan fingerprint density at radius 1 is 1.00 bits per heavy atom. The summed E-state index contributed by atoms with van der Waals surface area (Å²) < 4.78 is 10.9. The molecule has 0 radical (unpaired) electrons. The topological polar surface area (TPSA) is 76.2 Å². The van der Waals surface area contributed by atoms with Crippen molar-refractivity contribution in [3.63, 3.8) is 0 Å². The number of H-pyrrole nitrogens is 1. The summed E-state index contributed by atoms with van der Waals surface area (Å²) in [7, 11) is 3.28. The third-order valence-corrected chi connectivity index (χ3v) is 5.87. The molecule has 0 unspecified atom stereocenters. The van der Waals surface area contributed by atoms with Crippen LogP contribution in [0.25, 0.3) is 22.6 Å². The Kier molecular flexibility index (Phi) is 7.28. The van der Waals surface area contributed by atoms with Gasteiger partial charge in [0.25, 0.3) is 0 Å². The fraction of sp³-hybridized carbons (Fsp3) is 0.214. The minimum Gasteiger partial charge on any atom is -0.497 e. The van der Waals surface area contributed by atoms with Crippen LogP contribution in [0.2, 0.25) is 0 Å². The Morgan fingerprint density at radius 3 is 2.56 bits per heavy atom. The standard InChI is InChI=1S/C28H29N3O3/c1-4-23(20-10-6-5-7-11-20)28(32)30-17-19-9-8-12-21(15-19)27-29-18-25(31-27)24-16-22(33-2)13-14-26(24)34-3/h5-16,18,23H,4,17H2,1-3H3,(H,29,31)(H,30,32)/t23-/m0/s1. The molecule has 1 heterocycles. The summed E-state index contributed by atoms with van der Waals surface area (Å²) in [6.45, 7) is 2.48. The molecule has 1 aromatic heterocycles. The van der Waals surface area contributed by atoms with E-state index in [0.29, 0.717) is 6.54 Å². The van der Waals surface area contributed by atoms with E-state index in [9.17, 15) is 4.79 Å². The lowest BCUT2D eigenvalue weighted by atomic mass is 9.95. The number of aromatic amines is 1. The van der Waals surface area contributed by atoms with Gasteiger partial charge in [0.1, 0.15) is 17.3 Å². The number of carbonyl (C=O) groups excluding carboxylic acids is 1. The molecule has 3 aromatic carbocycles. The van der Waals surface area contributed by atoms with Gasteiger partial charge in [-0.05, 0) is 41.8 Å². The SMILES string of the molecule is CC[C@H](C(=O)NCc1cccc(-c2ncc(-c3cc(OC)ccc3OC)[nH]2)c1)c1ccccc1. The van der Waals surface area contributed by atoms with E-state index < -0.39 is 0 Å². The molecule has 34 heavy (non-hydrogen) atoms. The molecule has 4 rings (SSSR count). The van der Waals surface area contributed by atoms with E-state index in [1.54, 1.807) is 20.4 Å². The van der Waals surface area contributed by atoms with Crippen LogP contribution >= 0.6 is 0 Å². The average Bonchev–Trinajstić information content (AvgIpc) is 3.39. The number of amides is 1. The van der Waals surface area contributed by atoms with Crippen molar-refractivity contribution in [3.8, 4) is 34.1 Å². The summed E-state index contributed by atoms with van der Waals surface area (Å²) in [6.07, 6.45) is 2.53. The summed E-state index contributed by atoms with van der Waals surface area (Å²) in [5.74, 6) is 2.09. The smallest absolute Gasteiger partial charge is 0.227 e. The van der Waals surface area contributed by atoms with Crippen molar-refractivity contribution in [1.82, 2.24) is 15.3 Å². The van der Waals surface area contributed by atoms with E-state index in [1.165, 1.54) is 0 Å². The lowest BCUT2D eigenvalue weighted by Gasteiger charge is -2.15. The summed E-state index contributed by atoms with van der Waals surface area (Å²) in [4.78, 5) is 20.8. The lowest BCUT2D eigenvalue weighted by Crippen LogP contribution is -2.28. The number of nitrogens with one attached hydrogen (secondary N) is 2. The monoisotopic (exact) mass is 455 g/mol. The molecule has 6 heteroatoms. The van der Waals surface area contributed by atoms with Crippen LogP contribution in [-0.2, 0) is 11.3 Å². The van der Waals surface area contributed by atoms with Crippen LogP contribution < -0.4 is 14.8 Å². The molecule has 4 aromatic rings. The molecule has 0 saturated carbocycles. The van der Waals surface area contributed by atoms with Crippen LogP contribution in [0.1, 0.15) is 30.4 Å². The number of aromatic nitrogens is 2. The fourth-order valence-corrected chi connectivity index (χ4v) is 4.03. The van der Waals surface area contributed by atoms with Crippen LogP contribution in [0.15, 0.2) is 79.0 Å². The molecule has 0 aliphatic rings. The van der Waals surface area contributed by atoms with Gasteiger partial charge in [0.05, 0.1) is 32.0 Å². The molecule has 2 N–H and O–H groups in total. The number of carbonyl (C=O) groups is 1. The van der Waals surface area contributed by atoms with Crippen molar-refractivity contribution in [2.45, 2.75) is 25.8 Å². The maximum Gasteiger partial charge on any atom is 0.227 e. The van der Waals surface area contributed by atoms with Gasteiger partial charge in [-0.2, -0.15) is 0 Å². The molecular formula is C28H29N3O3. The van der Waals surface area contributed by atoms with Crippen LogP contribution in [0, 0.1) is 0 Å². The molecule has 0 aliphatic carbocycles. The minimum atomic E-state index is -0.158. The van der Waals surface area contributed by atoms with Crippen molar-refractivity contribution < 1.29 is 14.3 Å². The van der Waals surface area contributed by atoms with Crippen molar-refractivity contribution in [2.24, 2.45) is 0 Å². The summed E-state index contributed by atoms with van der Waals surface area (Å²) in [5, 5.41) is 3.09. The molecule has 174 valence electrons. The Hall–Kier alpha value is -4.06. The third-order valence-electron chi connectivity index (χ3n) is 5.87. The van der Waals surface area contributed by atoms with Crippen LogP contribution in [0.4, 0.5) is 0 Å². The van der Waals surface area contributed by atoms with Gasteiger partial charge < -0.3 is 19.8 Å². The summed E-state index contributed by atoms with van der Waals surface area (Å²) in [5.41, 5.74) is 4.68. The Morgan fingerprint density at radius 2 is 1.82 bits per heavy atom. The first kappa shape index (κ1) is 23.1. The van der Waals surface area contributed by atoms with Gasteiger partial charge in [0, 0.05) is 17.7 Å². The van der Waals surface area contributed by atoms with E-state index in [-0.39, 0.29) is 11.8 Å². The second-order valence-electron chi connectivity index (χ2n) is 8.00. The number of hydrogen-bond donors (Lipinski definition) is 2. The number of benzene rings is 3. The van der Waals surface area contributed by atoms with Gasteiger partial charge >= 0.3 is 0 Å². The first-order valence-corrected chi connectivity index (χ1v) is 11.3. The number of rotatable bonds is 9. The van der Waals surface area contributed by atoms with Gasteiger partial charge in [-0.1, -0.05) is 55.5 Å². The highest BCUT2D eigenvalue weighted by molar-refractivity contribution is 5.83. The molecule has 0 fully saturated rings. The zero-order valence-corrected chi connectivity index (χ0v) is 19.7. The lowest BCUT2D eigenvalue weighted by molar-refractivity contribution is -0.122. The van der Waals surface area contributed by atoms with Gasteiger partial charge in [0.2, 0.25) is 5.91 Å². The van der Waals surface area contributed by atoms with Gasteiger partial charge in [-0.3, -0.25) is 4.79 Å². The highest BCUT2D eigenvalue weighted by atomic mass is 16.5. The van der Waals surface area contributed by atoms with E-state index in [1.807, 2.05) is 79.7 Å². The Labute approximate surface area is 200 Å². The summed E-state index contributed by atoms with van der Waals surface area (Å²) >= 11 is 0.